The highest BCUT2D eigenvalue weighted by molar-refractivity contribution is 5.96. The van der Waals surface area contributed by atoms with E-state index in [1.165, 1.54) is 13.8 Å². The van der Waals surface area contributed by atoms with Gasteiger partial charge in [0.05, 0.1) is 42.5 Å². The highest BCUT2D eigenvalue weighted by Crippen LogP contribution is 2.64. The Bertz CT molecular complexity index is 2080. The van der Waals surface area contributed by atoms with Crippen LogP contribution in [0, 0.1) is 22.7 Å². The molecule has 3 aliphatic carbocycles. The van der Waals surface area contributed by atoms with Crippen LogP contribution in [-0.4, -0.2) is 157 Å². The number of hydrogen-bond donors (Lipinski definition) is 9. The van der Waals surface area contributed by atoms with Crippen molar-refractivity contribution >= 4 is 23.6 Å². The van der Waals surface area contributed by atoms with Gasteiger partial charge in [-0.25, -0.2) is 9.59 Å². The lowest BCUT2D eigenvalue weighted by molar-refractivity contribution is -0.336. The normalized spacial score (nSPS) is 39.3. The molecule has 2 aliphatic heterocycles. The summed E-state index contributed by atoms with van der Waals surface area (Å²) < 4.78 is 28.5. The van der Waals surface area contributed by atoms with Crippen LogP contribution in [-0.2, 0) is 38.1 Å². The summed E-state index contributed by atoms with van der Waals surface area (Å²) in [7, 11) is 0. The maximum atomic E-state index is 15.3. The summed E-state index contributed by atoms with van der Waals surface area (Å²) in [5.74, 6) is -6.14. The number of Topliss-reactive ketones (excluding diaryl/α,β-unsaturated/α-hetero) is 1. The Hall–Kier alpha value is -4.18. The van der Waals surface area contributed by atoms with Gasteiger partial charge in [0, 0.05) is 29.7 Å². The van der Waals surface area contributed by atoms with Crippen molar-refractivity contribution < 1.29 is 83.7 Å². The molecule has 5 aliphatic rings. The number of ketones is 1. The minimum absolute atomic E-state index is 0.00409. The van der Waals surface area contributed by atoms with E-state index in [1.807, 2.05) is 0 Å². The number of aliphatic hydroxyl groups excluding tert-OH is 6. The van der Waals surface area contributed by atoms with E-state index < -0.39 is 138 Å². The molecule has 2 saturated carbocycles. The number of nitrogens with one attached hydrogen (secondary N) is 1. The Balaban J connectivity index is 1.26. The topological polar surface area (TPSA) is 288 Å². The minimum atomic E-state index is -2.01. The van der Waals surface area contributed by atoms with Gasteiger partial charge in [0.2, 0.25) is 0 Å². The molecule has 0 radical (unpaired) electrons. The first-order valence-electron chi connectivity index (χ1n) is 21.0. The molecule has 344 valence electrons. The third-order valence-corrected chi connectivity index (χ3v) is 14.6. The second-order valence-electron chi connectivity index (χ2n) is 18.3. The van der Waals surface area contributed by atoms with E-state index in [9.17, 15) is 55.2 Å². The number of carbonyl (C=O) groups is 4. The van der Waals surface area contributed by atoms with Gasteiger partial charge in [0.15, 0.2) is 24.3 Å². The molecule has 9 N–H and O–H groups in total. The molecule has 0 spiro atoms. The molecule has 14 unspecified atom stereocenters. The fourth-order valence-electron chi connectivity index (χ4n) is 10.9. The fourth-order valence-corrected chi connectivity index (χ4v) is 10.9. The van der Waals surface area contributed by atoms with Crippen LogP contribution >= 0.6 is 0 Å². The summed E-state index contributed by atoms with van der Waals surface area (Å²) in [5, 5.41) is 92.3. The average molecular weight is 884 g/mol. The largest absolute Gasteiger partial charge is 0.456 e. The smallest absolute Gasteiger partial charge is 0.338 e. The quantitative estimate of drug-likeness (QED) is 0.100. The predicted molar refractivity (Wildman–Crippen MR) is 216 cm³/mol. The molecule has 18 heteroatoms. The zero-order chi connectivity index (χ0) is 46.0. The first-order chi connectivity index (χ1) is 29.6. The summed E-state index contributed by atoms with van der Waals surface area (Å²) >= 11 is 0. The molecule has 2 aromatic carbocycles. The number of hydrogen-bond acceptors (Lipinski definition) is 17. The number of carbonyl (C=O) groups excluding carboxylic acids is 4. The van der Waals surface area contributed by atoms with E-state index >= 15 is 4.79 Å². The van der Waals surface area contributed by atoms with E-state index in [0.717, 1.165) is 0 Å². The monoisotopic (exact) mass is 883 g/mol. The van der Waals surface area contributed by atoms with E-state index in [1.54, 1.807) is 81.4 Å². The van der Waals surface area contributed by atoms with Crippen LogP contribution in [0.4, 0.5) is 0 Å². The van der Waals surface area contributed by atoms with Crippen LogP contribution in [0.15, 0.2) is 71.8 Å². The third kappa shape index (κ3) is 7.71. The maximum absolute atomic E-state index is 15.3. The molecule has 2 bridgehead atoms. The second kappa shape index (κ2) is 17.3. The van der Waals surface area contributed by atoms with Gasteiger partial charge in [-0.2, -0.15) is 0 Å². The van der Waals surface area contributed by atoms with E-state index in [0.29, 0.717) is 5.56 Å². The highest BCUT2D eigenvalue weighted by atomic mass is 16.7. The number of benzene rings is 2. The van der Waals surface area contributed by atoms with Gasteiger partial charge >= 0.3 is 11.9 Å². The van der Waals surface area contributed by atoms with Gasteiger partial charge < -0.3 is 69.9 Å². The first kappa shape index (κ1) is 46.8. The predicted octanol–water partition coefficient (Wildman–Crippen LogP) is -0.628. The van der Waals surface area contributed by atoms with Crippen LogP contribution in [0.5, 0.6) is 0 Å². The van der Waals surface area contributed by atoms with Crippen molar-refractivity contribution in [3.05, 3.63) is 82.9 Å². The fraction of sp³-hybridized carbons (Fsp3) is 0.600. The number of aliphatic hydroxyl groups is 8. The summed E-state index contributed by atoms with van der Waals surface area (Å²) in [5.41, 5.74) is -6.34. The SMILES string of the molecule is CC1=C2C(OC(=O)COC3OC(CO)C(O)C(O)C3O)C(=O)[C@]3(C)C(O)CC4OCC4(O)C3[C@H](C)C(O)(CC1OC(=O)C(O)C(NC(=O)c1ccccc1)c1ccccc1)C2(C)C. The van der Waals surface area contributed by atoms with E-state index in [2.05, 4.69) is 5.32 Å². The lowest BCUT2D eigenvalue weighted by atomic mass is 9.43. The molecule has 18 nitrogen and oxygen atoms in total. The van der Waals surface area contributed by atoms with Gasteiger partial charge in [-0.3, -0.25) is 9.59 Å². The van der Waals surface area contributed by atoms with Crippen LogP contribution in [0.25, 0.3) is 0 Å². The van der Waals surface area contributed by atoms with Gasteiger partial charge in [-0.05, 0) is 48.6 Å². The maximum Gasteiger partial charge on any atom is 0.338 e. The average Bonchev–Trinajstić information content (AvgIpc) is 3.26. The zero-order valence-electron chi connectivity index (χ0n) is 35.6. The van der Waals surface area contributed by atoms with Crippen molar-refractivity contribution in [2.24, 2.45) is 22.7 Å². The molecular formula is C45H57NO17. The summed E-state index contributed by atoms with van der Waals surface area (Å²) in [6.45, 7) is 5.78. The van der Waals surface area contributed by atoms with Crippen LogP contribution in [0.1, 0.15) is 69.4 Å². The molecule has 16 atom stereocenters. The molecular weight excluding hydrogens is 826 g/mol. The molecule has 0 aromatic heterocycles. The van der Waals surface area contributed by atoms with Gasteiger partial charge in [-0.1, -0.05) is 69.3 Å². The Morgan fingerprint density at radius 1 is 0.921 bits per heavy atom. The summed E-state index contributed by atoms with van der Waals surface area (Å²) in [6.07, 6.45) is -16.7. The molecule has 7 rings (SSSR count). The van der Waals surface area contributed by atoms with Gasteiger partial charge in [-0.15, -0.1) is 0 Å². The van der Waals surface area contributed by atoms with Crippen molar-refractivity contribution in [1.29, 1.82) is 0 Å². The third-order valence-electron chi connectivity index (χ3n) is 14.6. The van der Waals surface area contributed by atoms with Crippen LogP contribution in [0.2, 0.25) is 0 Å². The minimum Gasteiger partial charge on any atom is -0.456 e. The van der Waals surface area contributed by atoms with Gasteiger partial charge in [0.25, 0.3) is 5.91 Å². The Labute approximate surface area is 363 Å². The van der Waals surface area contributed by atoms with Crippen molar-refractivity contribution in [1.82, 2.24) is 5.32 Å². The Morgan fingerprint density at radius 3 is 2.16 bits per heavy atom. The lowest BCUT2D eigenvalue weighted by Crippen LogP contribution is -2.79. The molecule has 2 saturated heterocycles. The number of rotatable bonds is 11. The lowest BCUT2D eigenvalue weighted by Gasteiger charge is -2.67. The number of fused-ring (bicyclic) bond motifs is 5. The first-order valence-corrected chi connectivity index (χ1v) is 21.0. The summed E-state index contributed by atoms with van der Waals surface area (Å²) in [4.78, 5) is 56.7. The van der Waals surface area contributed by atoms with Gasteiger partial charge in [0.1, 0.15) is 42.7 Å². The highest BCUT2D eigenvalue weighted by Gasteiger charge is 2.74. The number of ether oxygens (including phenoxy) is 5. The molecule has 4 fully saturated rings. The van der Waals surface area contributed by atoms with Crippen molar-refractivity contribution in [3.8, 4) is 0 Å². The molecule has 2 heterocycles. The van der Waals surface area contributed by atoms with Crippen LogP contribution in [0.3, 0.4) is 0 Å². The molecule has 63 heavy (non-hydrogen) atoms. The summed E-state index contributed by atoms with van der Waals surface area (Å²) in [6, 6.07) is 15.1. The second-order valence-corrected chi connectivity index (χ2v) is 18.3. The number of amides is 1. The van der Waals surface area contributed by atoms with E-state index in [-0.39, 0.29) is 36.2 Å². The zero-order valence-corrected chi connectivity index (χ0v) is 35.6. The Kier molecular flexibility index (Phi) is 12.9. The molecule has 2 aromatic rings. The van der Waals surface area contributed by atoms with Crippen molar-refractivity contribution in [2.45, 2.75) is 126 Å². The number of esters is 2. The van der Waals surface area contributed by atoms with Crippen LogP contribution < -0.4 is 5.32 Å². The van der Waals surface area contributed by atoms with E-state index in [4.69, 9.17) is 23.7 Å². The Morgan fingerprint density at radius 2 is 1.56 bits per heavy atom. The van der Waals surface area contributed by atoms with Crippen molar-refractivity contribution in [2.75, 3.05) is 19.8 Å². The standard InChI is InChI=1S/C45H57NO17/c1-21-25(61-40(56)33(51)31(23-12-8-6-9-13-23)46-39(55)24-14-10-7-11-15-24)17-45(58)22(2)37-43(5,27(48)16-28-44(37,57)20-60-28)38(54)36(30(21)42(45,3)4)63-29(49)19-59-41-35(53)34(52)32(50)26(18-47)62-41/h6-15,22,25-28,31-37,41,47-48,50-53,57-58H,16-20H2,1-5H3,(H,46,55)/t22-,25?,26?,27?,28?,31?,32?,33?,34?,35?,36?,37?,41?,43+,44?,45?/m0/s1. The molecule has 1 amide bonds. The van der Waals surface area contributed by atoms with Crippen molar-refractivity contribution in [3.63, 3.8) is 0 Å².